The van der Waals surface area contributed by atoms with E-state index < -0.39 is 0 Å². The van der Waals surface area contributed by atoms with Gasteiger partial charge >= 0.3 is 0 Å². The van der Waals surface area contributed by atoms with Crippen molar-refractivity contribution in [2.75, 3.05) is 54.4 Å². The molecule has 0 heterocycles. The van der Waals surface area contributed by atoms with Gasteiger partial charge in [-0.1, -0.05) is 117 Å². The third-order valence-corrected chi connectivity index (χ3v) is 8.51. The second-order valence-electron chi connectivity index (χ2n) is 13.5. The van der Waals surface area contributed by atoms with Gasteiger partial charge in [-0.25, -0.2) is 0 Å². The Morgan fingerprint density at radius 2 is 0.421 bits per heavy atom. The Labute approximate surface area is 264 Å². The number of hydrogen-bond acceptors (Lipinski definition) is 0. The minimum Gasteiger partial charge on any atom is -1.00 e. The summed E-state index contributed by atoms with van der Waals surface area (Å²) in [6, 6.07) is 0. The van der Waals surface area contributed by atoms with E-state index in [1.807, 2.05) is 0 Å². The molecule has 0 saturated heterocycles. The number of hydrogen-bond donors (Lipinski definition) is 0. The Hall–Kier alpha value is 0.880. The number of unbranched alkanes of at least 4 members (excludes halogenated alkanes) is 21. The summed E-state index contributed by atoms with van der Waals surface area (Å²) in [6.45, 7) is 10.1. The lowest BCUT2D eigenvalue weighted by atomic mass is 10.1. The Balaban J connectivity index is -0.00000612. The summed E-state index contributed by atoms with van der Waals surface area (Å²) < 4.78 is 2.47. The van der Waals surface area contributed by atoms with Gasteiger partial charge in [0.2, 0.25) is 0 Å². The first-order valence-electron chi connectivity index (χ1n) is 17.0. The molecule has 234 valence electrons. The maximum Gasteiger partial charge on any atom is 0.0782 e. The zero-order valence-electron chi connectivity index (χ0n) is 27.4. The van der Waals surface area contributed by atoms with E-state index in [0.717, 1.165) is 0 Å². The number of halogens is 2. The average Bonchev–Trinajstić information content (AvgIpc) is 2.83. The minimum absolute atomic E-state index is 0. The van der Waals surface area contributed by atoms with E-state index in [4.69, 9.17) is 0 Å². The molecule has 0 bridgehead atoms. The van der Waals surface area contributed by atoms with Crippen LogP contribution < -0.4 is 34.0 Å². The Morgan fingerprint density at radius 3 is 0.605 bits per heavy atom. The van der Waals surface area contributed by atoms with Gasteiger partial charge in [-0.15, -0.1) is 0 Å². The lowest BCUT2D eigenvalue weighted by Crippen LogP contribution is -3.00. The molecule has 0 aromatic carbocycles. The van der Waals surface area contributed by atoms with Gasteiger partial charge < -0.3 is 42.9 Å². The van der Waals surface area contributed by atoms with Gasteiger partial charge in [0.25, 0.3) is 0 Å². The molecule has 0 spiro atoms. The fourth-order valence-corrected chi connectivity index (χ4v) is 5.71. The van der Waals surface area contributed by atoms with Crippen LogP contribution in [0.2, 0.25) is 0 Å². The summed E-state index contributed by atoms with van der Waals surface area (Å²) in [5.74, 6) is 0. The van der Waals surface area contributed by atoms with Crippen LogP contribution in [0.3, 0.4) is 0 Å². The largest absolute Gasteiger partial charge is 1.00 e. The van der Waals surface area contributed by atoms with Crippen molar-refractivity contribution < 1.29 is 42.9 Å². The van der Waals surface area contributed by atoms with Gasteiger partial charge in [-0.05, 0) is 51.4 Å². The summed E-state index contributed by atoms with van der Waals surface area (Å²) in [5, 5.41) is 0. The van der Waals surface area contributed by atoms with Gasteiger partial charge in [0, 0.05) is 0 Å². The van der Waals surface area contributed by atoms with Crippen LogP contribution in [0.1, 0.15) is 168 Å². The van der Waals surface area contributed by atoms with Crippen molar-refractivity contribution in [2.24, 2.45) is 0 Å². The molecule has 0 aliphatic carbocycles. The van der Waals surface area contributed by atoms with Crippen molar-refractivity contribution in [3.05, 3.63) is 0 Å². The Bertz CT molecular complexity index is 440. The SMILES string of the molecule is CCCCCCCCCCCCC[N+](C)(C)CCCCCC[N+](C)(C)CCCCCCCCCCC.[Br-].[Br-]. The third-order valence-electron chi connectivity index (χ3n) is 8.51. The lowest BCUT2D eigenvalue weighted by molar-refractivity contribution is -0.891. The van der Waals surface area contributed by atoms with E-state index in [-0.39, 0.29) is 34.0 Å². The molecule has 0 N–H and O–H groups in total. The Morgan fingerprint density at radius 1 is 0.263 bits per heavy atom. The standard InChI is InChI=1S/C34H74N2.2BrH/c1-7-9-11-13-15-17-18-20-22-24-28-32-36(5,6)34-30-26-25-29-33-35(3,4)31-27-23-21-19-16-14-12-10-8-2;;/h7-34H2,1-6H3;2*1H/q+2;;/p-2. The summed E-state index contributed by atoms with van der Waals surface area (Å²) in [7, 11) is 9.83. The van der Waals surface area contributed by atoms with Gasteiger partial charge in [-0.3, -0.25) is 0 Å². The molecule has 4 heteroatoms. The van der Waals surface area contributed by atoms with Crippen molar-refractivity contribution in [3.8, 4) is 0 Å². The molecule has 0 aromatic heterocycles. The van der Waals surface area contributed by atoms with E-state index in [1.54, 1.807) is 0 Å². The zero-order chi connectivity index (χ0) is 26.8. The van der Waals surface area contributed by atoms with E-state index in [9.17, 15) is 0 Å². The number of quaternary nitrogens is 2. The molecule has 0 unspecified atom stereocenters. The predicted octanol–water partition coefficient (Wildman–Crippen LogP) is 4.55. The molecule has 2 nitrogen and oxygen atoms in total. The smallest absolute Gasteiger partial charge is 0.0782 e. The highest BCUT2D eigenvalue weighted by Crippen LogP contribution is 2.15. The van der Waals surface area contributed by atoms with Crippen molar-refractivity contribution >= 4 is 0 Å². The highest BCUT2D eigenvalue weighted by Gasteiger charge is 2.15. The van der Waals surface area contributed by atoms with E-state index in [2.05, 4.69) is 42.0 Å². The molecule has 0 radical (unpaired) electrons. The second-order valence-corrected chi connectivity index (χ2v) is 13.5. The van der Waals surface area contributed by atoms with Crippen LogP contribution in [0.25, 0.3) is 0 Å². The van der Waals surface area contributed by atoms with Crippen LogP contribution in [-0.2, 0) is 0 Å². The fraction of sp³-hybridized carbons (Fsp3) is 1.00. The van der Waals surface area contributed by atoms with Gasteiger partial charge in [-0.2, -0.15) is 0 Å². The molecule has 38 heavy (non-hydrogen) atoms. The second kappa shape index (κ2) is 30.8. The first-order valence-corrected chi connectivity index (χ1v) is 17.0. The van der Waals surface area contributed by atoms with Crippen LogP contribution in [0, 0.1) is 0 Å². The fourth-order valence-electron chi connectivity index (χ4n) is 5.71. The maximum absolute atomic E-state index is 2.46. The molecule has 0 rings (SSSR count). The average molecular weight is 671 g/mol. The van der Waals surface area contributed by atoms with Gasteiger partial charge in [0.05, 0.1) is 54.4 Å². The molecule has 0 aromatic rings. The third kappa shape index (κ3) is 33.1. The first-order chi connectivity index (χ1) is 17.3. The van der Waals surface area contributed by atoms with Crippen molar-refractivity contribution in [1.82, 2.24) is 0 Å². The summed E-state index contributed by atoms with van der Waals surface area (Å²) in [6.07, 6.45) is 34.6. The normalized spacial score (nSPS) is 11.8. The van der Waals surface area contributed by atoms with Crippen LogP contribution in [0.5, 0.6) is 0 Å². The van der Waals surface area contributed by atoms with Crippen molar-refractivity contribution in [1.29, 1.82) is 0 Å². The highest BCUT2D eigenvalue weighted by atomic mass is 79.9. The molecule has 0 aliphatic rings. The molecule has 0 fully saturated rings. The molecule has 0 amide bonds. The molecule has 0 aliphatic heterocycles. The number of rotatable bonds is 29. The van der Waals surface area contributed by atoms with Crippen LogP contribution in [0.15, 0.2) is 0 Å². The van der Waals surface area contributed by atoms with Gasteiger partial charge in [0.1, 0.15) is 0 Å². The Kier molecular flexibility index (Phi) is 35.2. The molecule has 0 atom stereocenters. The minimum atomic E-state index is 0. The molecule has 0 saturated carbocycles. The van der Waals surface area contributed by atoms with E-state index >= 15 is 0 Å². The maximum atomic E-state index is 2.46. The van der Waals surface area contributed by atoms with Crippen LogP contribution in [0.4, 0.5) is 0 Å². The highest BCUT2D eigenvalue weighted by molar-refractivity contribution is 4.50. The topological polar surface area (TPSA) is 0 Å². The monoisotopic (exact) mass is 668 g/mol. The van der Waals surface area contributed by atoms with Crippen molar-refractivity contribution in [3.63, 3.8) is 0 Å². The van der Waals surface area contributed by atoms with Crippen molar-refractivity contribution in [2.45, 2.75) is 168 Å². The van der Waals surface area contributed by atoms with E-state index in [0.29, 0.717) is 0 Å². The lowest BCUT2D eigenvalue weighted by Gasteiger charge is -2.31. The zero-order valence-corrected chi connectivity index (χ0v) is 30.6. The molecular formula is C34H74Br2N2. The summed E-state index contributed by atoms with van der Waals surface area (Å²) in [5.41, 5.74) is 0. The van der Waals surface area contributed by atoms with Crippen LogP contribution >= 0.6 is 0 Å². The van der Waals surface area contributed by atoms with Crippen LogP contribution in [-0.4, -0.2) is 63.3 Å². The molecular weight excluding hydrogens is 596 g/mol. The quantitative estimate of drug-likeness (QED) is 0.0810. The summed E-state index contributed by atoms with van der Waals surface area (Å²) >= 11 is 0. The summed E-state index contributed by atoms with van der Waals surface area (Å²) in [4.78, 5) is 0. The first kappa shape index (κ1) is 43.3. The predicted molar refractivity (Wildman–Crippen MR) is 166 cm³/mol. The van der Waals surface area contributed by atoms with E-state index in [1.165, 1.54) is 189 Å². The number of nitrogens with zero attached hydrogens (tertiary/aromatic N) is 2. The van der Waals surface area contributed by atoms with Gasteiger partial charge in [0.15, 0.2) is 0 Å².